The first-order valence-electron chi connectivity index (χ1n) is 7.20. The van der Waals surface area contributed by atoms with Crippen molar-refractivity contribution in [1.29, 1.82) is 0 Å². The van der Waals surface area contributed by atoms with E-state index in [1.54, 1.807) is 12.4 Å². The molecule has 3 rings (SSSR count). The van der Waals surface area contributed by atoms with Crippen LogP contribution in [0.4, 0.5) is 0 Å². The molecule has 1 aliphatic heterocycles. The Morgan fingerprint density at radius 1 is 1.47 bits per heavy atom. The van der Waals surface area contributed by atoms with Crippen LogP contribution in [0.25, 0.3) is 0 Å². The smallest absolute Gasteiger partial charge is 0.255 e. The Bertz CT molecular complexity index is 448. The van der Waals surface area contributed by atoms with Gasteiger partial charge in [0.15, 0.2) is 0 Å². The summed E-state index contributed by atoms with van der Waals surface area (Å²) in [5.41, 5.74) is 6.40. The lowest BCUT2D eigenvalue weighted by Gasteiger charge is -2.28. The highest BCUT2D eigenvalue weighted by molar-refractivity contribution is 5.94. The summed E-state index contributed by atoms with van der Waals surface area (Å²) in [4.78, 5) is 18.6. The van der Waals surface area contributed by atoms with Crippen LogP contribution in [-0.4, -0.2) is 34.9 Å². The predicted molar refractivity (Wildman–Crippen MR) is 73.6 cm³/mol. The summed E-state index contributed by atoms with van der Waals surface area (Å²) in [5.74, 6) is 1.52. The molecule has 2 bridgehead atoms. The van der Waals surface area contributed by atoms with Crippen molar-refractivity contribution in [3.05, 3.63) is 30.1 Å². The first-order chi connectivity index (χ1) is 9.29. The molecule has 1 saturated carbocycles. The van der Waals surface area contributed by atoms with Gasteiger partial charge in [0.1, 0.15) is 0 Å². The van der Waals surface area contributed by atoms with Crippen molar-refractivity contribution < 1.29 is 4.79 Å². The third kappa shape index (κ3) is 2.37. The number of nitrogens with two attached hydrogens (primary N) is 1. The molecule has 1 saturated heterocycles. The number of carbonyl (C=O) groups excluding carboxylic acids is 1. The minimum absolute atomic E-state index is 0.147. The van der Waals surface area contributed by atoms with Gasteiger partial charge in [0.25, 0.3) is 5.91 Å². The zero-order valence-electron chi connectivity index (χ0n) is 11.2. The molecule has 0 aromatic carbocycles. The Morgan fingerprint density at radius 2 is 2.37 bits per heavy atom. The van der Waals surface area contributed by atoms with E-state index >= 15 is 0 Å². The SMILES string of the molecule is NCCC1CCC2CC1CN2C(=O)c1cccnc1. The average Bonchev–Trinajstić information content (AvgIpc) is 2.80. The fourth-order valence-electron chi connectivity index (χ4n) is 3.71. The van der Waals surface area contributed by atoms with Crippen molar-refractivity contribution >= 4 is 5.91 Å². The van der Waals surface area contributed by atoms with Gasteiger partial charge in [-0.2, -0.15) is 0 Å². The predicted octanol–water partition coefficient (Wildman–Crippen LogP) is 1.67. The first kappa shape index (κ1) is 12.6. The van der Waals surface area contributed by atoms with Gasteiger partial charge in [-0.25, -0.2) is 0 Å². The van der Waals surface area contributed by atoms with Crippen molar-refractivity contribution in [2.45, 2.75) is 31.7 Å². The molecule has 4 nitrogen and oxygen atoms in total. The molecule has 1 aromatic heterocycles. The largest absolute Gasteiger partial charge is 0.335 e. The number of nitrogens with zero attached hydrogens (tertiary/aromatic N) is 2. The number of amides is 1. The van der Waals surface area contributed by atoms with Gasteiger partial charge in [-0.1, -0.05) is 0 Å². The zero-order chi connectivity index (χ0) is 13.2. The molecule has 2 heterocycles. The fourth-order valence-corrected chi connectivity index (χ4v) is 3.71. The number of pyridine rings is 1. The van der Waals surface area contributed by atoms with Crippen LogP contribution in [0.15, 0.2) is 24.5 Å². The number of fused-ring (bicyclic) bond motifs is 2. The lowest BCUT2D eigenvalue weighted by molar-refractivity contribution is 0.0732. The summed E-state index contributed by atoms with van der Waals surface area (Å²) < 4.78 is 0. The number of carbonyl (C=O) groups is 1. The van der Waals surface area contributed by atoms with Gasteiger partial charge in [0.05, 0.1) is 5.56 Å². The third-order valence-corrected chi connectivity index (χ3v) is 4.69. The van der Waals surface area contributed by atoms with Gasteiger partial charge in [-0.3, -0.25) is 9.78 Å². The van der Waals surface area contributed by atoms with Crippen LogP contribution < -0.4 is 5.73 Å². The van der Waals surface area contributed by atoms with Crippen LogP contribution in [0.3, 0.4) is 0 Å². The topological polar surface area (TPSA) is 59.2 Å². The molecule has 2 fully saturated rings. The normalized spacial score (nSPS) is 29.5. The average molecular weight is 259 g/mol. The Kier molecular flexibility index (Phi) is 3.51. The maximum absolute atomic E-state index is 12.5. The quantitative estimate of drug-likeness (QED) is 0.898. The van der Waals surface area contributed by atoms with E-state index in [0.29, 0.717) is 23.4 Å². The van der Waals surface area contributed by atoms with Crippen LogP contribution in [0.2, 0.25) is 0 Å². The van der Waals surface area contributed by atoms with Crippen LogP contribution >= 0.6 is 0 Å². The lowest BCUT2D eigenvalue weighted by atomic mass is 9.78. The van der Waals surface area contributed by atoms with Crippen LogP contribution in [0, 0.1) is 11.8 Å². The maximum atomic E-state index is 12.5. The van der Waals surface area contributed by atoms with Gasteiger partial charge in [-0.05, 0) is 56.2 Å². The molecule has 1 aromatic rings. The molecular weight excluding hydrogens is 238 g/mol. The van der Waals surface area contributed by atoms with Crippen LogP contribution in [-0.2, 0) is 0 Å². The summed E-state index contributed by atoms with van der Waals surface area (Å²) >= 11 is 0. The van der Waals surface area contributed by atoms with E-state index in [4.69, 9.17) is 5.73 Å². The highest BCUT2D eigenvalue weighted by atomic mass is 16.2. The number of rotatable bonds is 3. The van der Waals surface area contributed by atoms with E-state index < -0.39 is 0 Å². The summed E-state index contributed by atoms with van der Waals surface area (Å²) in [6.07, 6.45) is 8.00. The van der Waals surface area contributed by atoms with Crippen LogP contribution in [0.5, 0.6) is 0 Å². The Balaban J connectivity index is 1.73. The van der Waals surface area contributed by atoms with E-state index in [0.717, 1.165) is 32.4 Å². The molecule has 1 aliphatic carbocycles. The van der Waals surface area contributed by atoms with E-state index in [1.807, 2.05) is 12.1 Å². The van der Waals surface area contributed by atoms with Gasteiger partial charge in [0, 0.05) is 25.0 Å². The second kappa shape index (κ2) is 5.29. The van der Waals surface area contributed by atoms with Crippen LogP contribution in [0.1, 0.15) is 36.0 Å². The number of hydrogen-bond donors (Lipinski definition) is 1. The molecule has 0 spiro atoms. The highest BCUT2D eigenvalue weighted by Crippen LogP contribution is 2.41. The van der Waals surface area contributed by atoms with Gasteiger partial charge >= 0.3 is 0 Å². The monoisotopic (exact) mass is 259 g/mol. The van der Waals surface area contributed by atoms with E-state index in [1.165, 1.54) is 6.42 Å². The second-order valence-electron chi connectivity index (χ2n) is 5.76. The zero-order valence-corrected chi connectivity index (χ0v) is 11.2. The summed E-state index contributed by atoms with van der Waals surface area (Å²) in [5, 5.41) is 0. The number of likely N-dealkylation sites (tertiary alicyclic amines) is 1. The van der Waals surface area contributed by atoms with E-state index in [2.05, 4.69) is 9.88 Å². The summed E-state index contributed by atoms with van der Waals surface area (Å²) in [7, 11) is 0. The van der Waals surface area contributed by atoms with Gasteiger partial charge < -0.3 is 10.6 Å². The van der Waals surface area contributed by atoms with Gasteiger partial charge in [-0.15, -0.1) is 0 Å². The third-order valence-electron chi connectivity index (χ3n) is 4.69. The Labute approximate surface area is 114 Å². The molecule has 2 N–H and O–H groups in total. The van der Waals surface area contributed by atoms with Crippen molar-refractivity contribution in [3.63, 3.8) is 0 Å². The molecule has 19 heavy (non-hydrogen) atoms. The highest BCUT2D eigenvalue weighted by Gasteiger charge is 2.42. The molecule has 4 heteroatoms. The molecule has 102 valence electrons. The maximum Gasteiger partial charge on any atom is 0.255 e. The Morgan fingerprint density at radius 3 is 3.11 bits per heavy atom. The molecule has 1 amide bonds. The molecule has 3 atom stereocenters. The molecule has 3 unspecified atom stereocenters. The molecular formula is C15H21N3O. The fraction of sp³-hybridized carbons (Fsp3) is 0.600. The van der Waals surface area contributed by atoms with Crippen molar-refractivity contribution in [2.75, 3.05) is 13.1 Å². The summed E-state index contributed by atoms with van der Waals surface area (Å²) in [6, 6.07) is 4.12. The van der Waals surface area contributed by atoms with Crippen molar-refractivity contribution in [1.82, 2.24) is 9.88 Å². The van der Waals surface area contributed by atoms with Crippen molar-refractivity contribution in [3.8, 4) is 0 Å². The van der Waals surface area contributed by atoms with E-state index in [-0.39, 0.29) is 5.91 Å². The van der Waals surface area contributed by atoms with Crippen molar-refractivity contribution in [2.24, 2.45) is 17.6 Å². The van der Waals surface area contributed by atoms with Gasteiger partial charge in [0.2, 0.25) is 0 Å². The minimum Gasteiger partial charge on any atom is -0.335 e. The number of aromatic nitrogens is 1. The minimum atomic E-state index is 0.147. The lowest BCUT2D eigenvalue weighted by Crippen LogP contribution is -2.35. The molecule has 2 aliphatic rings. The Hall–Kier alpha value is -1.42. The van der Waals surface area contributed by atoms with E-state index in [9.17, 15) is 4.79 Å². The standard InChI is InChI=1S/C15H21N3O/c16-6-5-11-3-4-14-8-13(11)10-18(14)15(19)12-2-1-7-17-9-12/h1-2,7,9,11,13-14H,3-6,8,10,16H2. The summed E-state index contributed by atoms with van der Waals surface area (Å²) in [6.45, 7) is 1.67. The number of hydrogen-bond acceptors (Lipinski definition) is 3. The first-order valence-corrected chi connectivity index (χ1v) is 7.20. The second-order valence-corrected chi connectivity index (χ2v) is 5.76. The molecule has 0 radical (unpaired) electrons.